The fraction of sp³-hybridized carbons (Fsp3) is 0.500. The Morgan fingerprint density at radius 2 is 2.27 bits per heavy atom. The molecule has 0 aromatic carbocycles. The summed E-state index contributed by atoms with van der Waals surface area (Å²) in [6.07, 6.45) is 5.98. The normalized spacial score (nSPS) is 19.7. The molecule has 0 radical (unpaired) electrons. The highest BCUT2D eigenvalue weighted by Gasteiger charge is 2.29. The van der Waals surface area contributed by atoms with E-state index in [2.05, 4.69) is 10.2 Å². The largest absolute Gasteiger partial charge is 0.324 e. The predicted molar refractivity (Wildman–Crippen MR) is 41.7 cm³/mol. The van der Waals surface area contributed by atoms with E-state index in [-0.39, 0.29) is 6.04 Å². The molecule has 1 atom stereocenters. The van der Waals surface area contributed by atoms with E-state index in [1.807, 2.05) is 6.07 Å². The predicted octanol–water partition coefficient (Wildman–Crippen LogP) is 0.886. The molecule has 3 heteroatoms. The zero-order valence-electron chi connectivity index (χ0n) is 6.27. The summed E-state index contributed by atoms with van der Waals surface area (Å²) in [5.41, 5.74) is 7.05. The molecule has 11 heavy (non-hydrogen) atoms. The van der Waals surface area contributed by atoms with E-state index < -0.39 is 0 Å². The lowest BCUT2D eigenvalue weighted by atomic mass is 10.1. The summed E-state index contributed by atoms with van der Waals surface area (Å²) in [6, 6.07) is 2.13. The van der Waals surface area contributed by atoms with Gasteiger partial charge in [-0.2, -0.15) is 10.2 Å². The third-order valence-corrected chi connectivity index (χ3v) is 2.12. The summed E-state index contributed by atoms with van der Waals surface area (Å²) in [6.45, 7) is 0. The van der Waals surface area contributed by atoms with Crippen molar-refractivity contribution in [3.63, 3.8) is 0 Å². The molecule has 1 saturated carbocycles. The van der Waals surface area contributed by atoms with E-state index in [1.54, 1.807) is 12.4 Å². The SMILES string of the molecule is NC(c1ccnnc1)C1CC1. The van der Waals surface area contributed by atoms with Crippen LogP contribution in [-0.2, 0) is 0 Å². The van der Waals surface area contributed by atoms with Crippen molar-refractivity contribution in [3.8, 4) is 0 Å². The van der Waals surface area contributed by atoms with Crippen LogP contribution in [0.15, 0.2) is 18.5 Å². The molecule has 1 aromatic heterocycles. The number of nitrogens with two attached hydrogens (primary N) is 1. The minimum Gasteiger partial charge on any atom is -0.324 e. The Morgan fingerprint density at radius 1 is 1.45 bits per heavy atom. The average molecular weight is 149 g/mol. The quantitative estimate of drug-likeness (QED) is 0.679. The highest BCUT2D eigenvalue weighted by atomic mass is 15.1. The van der Waals surface area contributed by atoms with Gasteiger partial charge in [-0.1, -0.05) is 0 Å². The molecule has 0 aliphatic heterocycles. The van der Waals surface area contributed by atoms with Crippen molar-refractivity contribution in [1.82, 2.24) is 10.2 Å². The summed E-state index contributed by atoms with van der Waals surface area (Å²) >= 11 is 0. The van der Waals surface area contributed by atoms with Gasteiger partial charge in [0.25, 0.3) is 0 Å². The second-order valence-corrected chi connectivity index (χ2v) is 3.04. The van der Waals surface area contributed by atoms with E-state index in [0.29, 0.717) is 5.92 Å². The molecule has 1 aromatic rings. The summed E-state index contributed by atoms with van der Waals surface area (Å²) in [4.78, 5) is 0. The van der Waals surface area contributed by atoms with Crippen LogP contribution >= 0.6 is 0 Å². The number of hydrogen-bond acceptors (Lipinski definition) is 3. The van der Waals surface area contributed by atoms with Crippen LogP contribution in [0.3, 0.4) is 0 Å². The monoisotopic (exact) mass is 149 g/mol. The summed E-state index contributed by atoms with van der Waals surface area (Å²) in [7, 11) is 0. The minimum atomic E-state index is 0.186. The van der Waals surface area contributed by atoms with E-state index >= 15 is 0 Å². The van der Waals surface area contributed by atoms with Crippen LogP contribution in [0.25, 0.3) is 0 Å². The summed E-state index contributed by atoms with van der Waals surface area (Å²) in [5.74, 6) is 0.694. The zero-order chi connectivity index (χ0) is 7.68. The van der Waals surface area contributed by atoms with E-state index in [1.165, 1.54) is 12.8 Å². The molecule has 1 aliphatic carbocycles. The maximum atomic E-state index is 5.93. The maximum absolute atomic E-state index is 5.93. The van der Waals surface area contributed by atoms with Crippen LogP contribution < -0.4 is 5.73 Å². The third-order valence-electron chi connectivity index (χ3n) is 2.12. The van der Waals surface area contributed by atoms with Gasteiger partial charge in [0.2, 0.25) is 0 Å². The van der Waals surface area contributed by atoms with Gasteiger partial charge in [-0.25, -0.2) is 0 Å². The van der Waals surface area contributed by atoms with Crippen molar-refractivity contribution >= 4 is 0 Å². The standard InChI is InChI=1S/C8H11N3/c9-8(6-1-2-6)7-3-4-10-11-5-7/h3-6,8H,1-2,9H2. The van der Waals surface area contributed by atoms with Gasteiger partial charge in [0, 0.05) is 12.2 Å². The lowest BCUT2D eigenvalue weighted by molar-refractivity contribution is 0.628. The Kier molecular flexibility index (Phi) is 1.58. The topological polar surface area (TPSA) is 51.8 Å². The molecule has 1 aliphatic rings. The van der Waals surface area contributed by atoms with Crippen LogP contribution in [0.2, 0.25) is 0 Å². The highest BCUT2D eigenvalue weighted by molar-refractivity contribution is 5.13. The van der Waals surface area contributed by atoms with Crippen LogP contribution in [0, 0.1) is 5.92 Å². The average Bonchev–Trinajstić information content (AvgIpc) is 2.87. The lowest BCUT2D eigenvalue weighted by Gasteiger charge is -2.07. The smallest absolute Gasteiger partial charge is 0.0544 e. The van der Waals surface area contributed by atoms with Gasteiger partial charge < -0.3 is 5.73 Å². The molecule has 0 saturated heterocycles. The van der Waals surface area contributed by atoms with Gasteiger partial charge in [-0.15, -0.1) is 0 Å². The molecule has 0 spiro atoms. The van der Waals surface area contributed by atoms with Crippen LogP contribution in [0.5, 0.6) is 0 Å². The first-order chi connectivity index (χ1) is 5.38. The second-order valence-electron chi connectivity index (χ2n) is 3.04. The number of rotatable bonds is 2. The van der Waals surface area contributed by atoms with Crippen molar-refractivity contribution in [1.29, 1.82) is 0 Å². The molecule has 1 heterocycles. The van der Waals surface area contributed by atoms with Crippen molar-refractivity contribution in [2.24, 2.45) is 11.7 Å². The van der Waals surface area contributed by atoms with Gasteiger partial charge >= 0.3 is 0 Å². The molecule has 2 N–H and O–H groups in total. The zero-order valence-corrected chi connectivity index (χ0v) is 6.27. The van der Waals surface area contributed by atoms with E-state index in [0.717, 1.165) is 5.56 Å². The van der Waals surface area contributed by atoms with Crippen LogP contribution in [-0.4, -0.2) is 10.2 Å². The minimum absolute atomic E-state index is 0.186. The Labute approximate surface area is 65.6 Å². The highest BCUT2D eigenvalue weighted by Crippen LogP contribution is 2.38. The van der Waals surface area contributed by atoms with Gasteiger partial charge in [0.1, 0.15) is 0 Å². The molecular formula is C8H11N3. The van der Waals surface area contributed by atoms with Crippen molar-refractivity contribution in [2.75, 3.05) is 0 Å². The van der Waals surface area contributed by atoms with Crippen molar-refractivity contribution < 1.29 is 0 Å². The molecule has 0 bridgehead atoms. The Bertz CT molecular complexity index is 230. The van der Waals surface area contributed by atoms with E-state index in [9.17, 15) is 0 Å². The molecule has 58 valence electrons. The Morgan fingerprint density at radius 3 is 2.82 bits per heavy atom. The van der Waals surface area contributed by atoms with Crippen molar-refractivity contribution in [2.45, 2.75) is 18.9 Å². The number of hydrogen-bond donors (Lipinski definition) is 1. The van der Waals surface area contributed by atoms with E-state index in [4.69, 9.17) is 5.73 Å². The first-order valence-electron chi connectivity index (χ1n) is 3.90. The molecule has 1 fully saturated rings. The second kappa shape index (κ2) is 2.58. The van der Waals surface area contributed by atoms with Crippen LogP contribution in [0.1, 0.15) is 24.4 Å². The summed E-state index contributed by atoms with van der Waals surface area (Å²) in [5, 5.41) is 7.49. The molecule has 0 amide bonds. The first kappa shape index (κ1) is 6.73. The maximum Gasteiger partial charge on any atom is 0.0544 e. The summed E-state index contributed by atoms with van der Waals surface area (Å²) < 4.78 is 0. The molecule has 3 nitrogen and oxygen atoms in total. The Balaban J connectivity index is 2.15. The van der Waals surface area contributed by atoms with Gasteiger partial charge in [-0.3, -0.25) is 0 Å². The number of nitrogens with zero attached hydrogens (tertiary/aromatic N) is 2. The first-order valence-corrected chi connectivity index (χ1v) is 3.90. The fourth-order valence-corrected chi connectivity index (χ4v) is 1.23. The van der Waals surface area contributed by atoms with Gasteiger partial charge in [-0.05, 0) is 30.4 Å². The Hall–Kier alpha value is -0.960. The van der Waals surface area contributed by atoms with Crippen LogP contribution in [0.4, 0.5) is 0 Å². The molecule has 2 rings (SSSR count). The number of aromatic nitrogens is 2. The molecule has 1 unspecified atom stereocenters. The fourth-order valence-electron chi connectivity index (χ4n) is 1.23. The molecular weight excluding hydrogens is 138 g/mol. The van der Waals surface area contributed by atoms with Crippen molar-refractivity contribution in [3.05, 3.63) is 24.0 Å². The van der Waals surface area contributed by atoms with Gasteiger partial charge in [0.05, 0.1) is 6.20 Å². The van der Waals surface area contributed by atoms with Gasteiger partial charge in [0.15, 0.2) is 0 Å². The lowest BCUT2D eigenvalue weighted by Crippen LogP contribution is -2.12. The third kappa shape index (κ3) is 1.38.